The number of ether oxygens (including phenoxy) is 1. The second-order valence-corrected chi connectivity index (χ2v) is 7.13. The summed E-state index contributed by atoms with van der Waals surface area (Å²) < 4.78 is 7.06. The SMILES string of the molecule is CNC(=O)c1cn(C)nc1C1CCCN(C(=O)C(C)N2CCOCC2)C1. The van der Waals surface area contributed by atoms with Gasteiger partial charge < -0.3 is 15.0 Å². The van der Waals surface area contributed by atoms with Gasteiger partial charge in [-0.05, 0) is 19.8 Å². The van der Waals surface area contributed by atoms with Gasteiger partial charge in [-0.1, -0.05) is 0 Å². The average molecular weight is 363 g/mol. The summed E-state index contributed by atoms with van der Waals surface area (Å²) in [6.07, 6.45) is 3.62. The maximum atomic E-state index is 13.0. The van der Waals surface area contributed by atoms with E-state index in [1.54, 1.807) is 17.9 Å². The van der Waals surface area contributed by atoms with Gasteiger partial charge >= 0.3 is 0 Å². The second-order valence-electron chi connectivity index (χ2n) is 7.13. The lowest BCUT2D eigenvalue weighted by Gasteiger charge is -2.38. The fourth-order valence-corrected chi connectivity index (χ4v) is 3.90. The highest BCUT2D eigenvalue weighted by molar-refractivity contribution is 5.95. The van der Waals surface area contributed by atoms with E-state index in [-0.39, 0.29) is 23.8 Å². The smallest absolute Gasteiger partial charge is 0.254 e. The zero-order valence-corrected chi connectivity index (χ0v) is 15.9. The number of carbonyl (C=O) groups excluding carboxylic acids is 2. The van der Waals surface area contributed by atoms with E-state index in [0.717, 1.165) is 38.2 Å². The summed E-state index contributed by atoms with van der Waals surface area (Å²) in [6.45, 7) is 6.33. The van der Waals surface area contributed by atoms with Crippen LogP contribution in [0.25, 0.3) is 0 Å². The van der Waals surface area contributed by atoms with Crippen molar-refractivity contribution >= 4 is 11.8 Å². The monoisotopic (exact) mass is 363 g/mol. The molecule has 144 valence electrons. The molecule has 0 aromatic carbocycles. The van der Waals surface area contributed by atoms with Crippen LogP contribution in [-0.4, -0.2) is 83.9 Å². The molecule has 0 saturated carbocycles. The lowest BCUT2D eigenvalue weighted by Crippen LogP contribution is -2.52. The minimum atomic E-state index is -0.139. The Morgan fingerprint density at radius 2 is 2.04 bits per heavy atom. The first-order valence-corrected chi connectivity index (χ1v) is 9.37. The zero-order chi connectivity index (χ0) is 18.7. The Bertz CT molecular complexity index is 653. The highest BCUT2D eigenvalue weighted by Gasteiger charge is 2.33. The van der Waals surface area contributed by atoms with Gasteiger partial charge in [0, 0.05) is 52.4 Å². The molecule has 1 aromatic rings. The molecule has 3 rings (SSSR count). The van der Waals surface area contributed by atoms with E-state index in [1.807, 2.05) is 18.9 Å². The van der Waals surface area contributed by atoms with Crippen LogP contribution in [0.2, 0.25) is 0 Å². The number of morpholine rings is 1. The topological polar surface area (TPSA) is 79.7 Å². The summed E-state index contributed by atoms with van der Waals surface area (Å²) in [5, 5.41) is 7.20. The molecule has 1 aromatic heterocycles. The van der Waals surface area contributed by atoms with E-state index in [4.69, 9.17) is 4.74 Å². The molecule has 26 heavy (non-hydrogen) atoms. The molecule has 2 unspecified atom stereocenters. The predicted octanol–water partition coefficient (Wildman–Crippen LogP) is 0.206. The number of rotatable bonds is 4. The van der Waals surface area contributed by atoms with Gasteiger partial charge in [0.15, 0.2) is 0 Å². The van der Waals surface area contributed by atoms with Crippen LogP contribution in [0.3, 0.4) is 0 Å². The molecule has 2 amide bonds. The first-order chi connectivity index (χ1) is 12.5. The van der Waals surface area contributed by atoms with Crippen LogP contribution in [0, 0.1) is 0 Å². The molecule has 2 fully saturated rings. The average Bonchev–Trinajstić information content (AvgIpc) is 3.08. The molecule has 2 saturated heterocycles. The summed E-state index contributed by atoms with van der Waals surface area (Å²) >= 11 is 0. The summed E-state index contributed by atoms with van der Waals surface area (Å²) in [6, 6.07) is -0.139. The van der Waals surface area contributed by atoms with Gasteiger partial charge in [-0.15, -0.1) is 0 Å². The first kappa shape index (κ1) is 18.8. The van der Waals surface area contributed by atoms with Crippen molar-refractivity contribution in [1.29, 1.82) is 0 Å². The van der Waals surface area contributed by atoms with Crippen LogP contribution in [0.1, 0.15) is 41.7 Å². The molecule has 3 heterocycles. The third kappa shape index (κ3) is 3.91. The number of aromatic nitrogens is 2. The molecular formula is C18H29N5O3. The number of aryl methyl sites for hydroxylation is 1. The third-order valence-corrected chi connectivity index (χ3v) is 5.40. The van der Waals surface area contributed by atoms with Crippen LogP contribution in [0.4, 0.5) is 0 Å². The Morgan fingerprint density at radius 1 is 1.31 bits per heavy atom. The molecule has 2 atom stereocenters. The van der Waals surface area contributed by atoms with Crippen LogP contribution < -0.4 is 5.32 Å². The normalized spacial score (nSPS) is 22.9. The highest BCUT2D eigenvalue weighted by Crippen LogP contribution is 2.29. The molecule has 8 nitrogen and oxygen atoms in total. The van der Waals surface area contributed by atoms with Crippen molar-refractivity contribution in [3.63, 3.8) is 0 Å². The number of hydrogen-bond acceptors (Lipinski definition) is 5. The number of hydrogen-bond donors (Lipinski definition) is 1. The first-order valence-electron chi connectivity index (χ1n) is 9.37. The largest absolute Gasteiger partial charge is 0.379 e. The van der Waals surface area contributed by atoms with Gasteiger partial charge in [-0.2, -0.15) is 5.10 Å². The molecule has 0 spiro atoms. The van der Waals surface area contributed by atoms with Crippen molar-refractivity contribution in [3.8, 4) is 0 Å². The van der Waals surface area contributed by atoms with Crippen LogP contribution in [-0.2, 0) is 16.6 Å². The van der Waals surface area contributed by atoms with E-state index in [9.17, 15) is 9.59 Å². The van der Waals surface area contributed by atoms with Crippen LogP contribution in [0.15, 0.2) is 6.20 Å². The number of piperidine rings is 1. The molecule has 2 aliphatic rings. The summed E-state index contributed by atoms with van der Waals surface area (Å²) in [4.78, 5) is 29.3. The molecule has 0 bridgehead atoms. The minimum Gasteiger partial charge on any atom is -0.379 e. The van der Waals surface area contributed by atoms with Gasteiger partial charge in [-0.3, -0.25) is 19.2 Å². The Morgan fingerprint density at radius 3 is 2.73 bits per heavy atom. The number of carbonyl (C=O) groups is 2. The predicted molar refractivity (Wildman–Crippen MR) is 97.0 cm³/mol. The number of nitrogens with one attached hydrogen (secondary N) is 1. The fraction of sp³-hybridized carbons (Fsp3) is 0.722. The number of amides is 2. The maximum absolute atomic E-state index is 13.0. The van der Waals surface area contributed by atoms with Crippen molar-refractivity contribution in [3.05, 3.63) is 17.5 Å². The Hall–Kier alpha value is -1.93. The van der Waals surface area contributed by atoms with Gasteiger partial charge in [0.1, 0.15) is 0 Å². The lowest BCUT2D eigenvalue weighted by molar-refractivity contribution is -0.139. The van der Waals surface area contributed by atoms with Gasteiger partial charge in [0.05, 0.1) is 30.5 Å². The zero-order valence-electron chi connectivity index (χ0n) is 15.9. The minimum absolute atomic E-state index is 0.0955. The van der Waals surface area contributed by atoms with Gasteiger partial charge in [0.25, 0.3) is 5.91 Å². The third-order valence-electron chi connectivity index (χ3n) is 5.40. The fourth-order valence-electron chi connectivity index (χ4n) is 3.90. The van der Waals surface area contributed by atoms with E-state index in [0.29, 0.717) is 25.3 Å². The van der Waals surface area contributed by atoms with Crippen molar-refractivity contribution in [2.75, 3.05) is 46.4 Å². The van der Waals surface area contributed by atoms with E-state index in [1.165, 1.54) is 0 Å². The number of likely N-dealkylation sites (tertiary alicyclic amines) is 1. The molecule has 0 aliphatic carbocycles. The quantitative estimate of drug-likeness (QED) is 0.827. The van der Waals surface area contributed by atoms with Crippen molar-refractivity contribution in [2.45, 2.75) is 31.7 Å². The summed E-state index contributed by atoms with van der Waals surface area (Å²) in [7, 11) is 3.45. The van der Waals surface area contributed by atoms with Gasteiger partial charge in [-0.25, -0.2) is 0 Å². The Kier molecular flexibility index (Phi) is 5.93. The molecule has 8 heteroatoms. The van der Waals surface area contributed by atoms with Crippen molar-refractivity contribution < 1.29 is 14.3 Å². The van der Waals surface area contributed by atoms with Crippen molar-refractivity contribution in [1.82, 2.24) is 24.9 Å². The van der Waals surface area contributed by atoms with E-state index in [2.05, 4.69) is 15.3 Å². The second kappa shape index (κ2) is 8.18. The molecule has 2 aliphatic heterocycles. The Balaban J connectivity index is 1.71. The lowest BCUT2D eigenvalue weighted by atomic mass is 9.92. The van der Waals surface area contributed by atoms with Crippen LogP contribution >= 0.6 is 0 Å². The van der Waals surface area contributed by atoms with Crippen molar-refractivity contribution in [2.24, 2.45) is 7.05 Å². The standard InChI is InChI=1S/C18H29N5O3/c1-13(22-7-9-26-10-8-22)18(25)23-6-4-5-14(11-23)16-15(17(24)19-2)12-21(3)20-16/h12-14H,4-11H2,1-3H3,(H,19,24). The van der Waals surface area contributed by atoms with Crippen LogP contribution in [0.5, 0.6) is 0 Å². The van der Waals surface area contributed by atoms with E-state index >= 15 is 0 Å². The van der Waals surface area contributed by atoms with Gasteiger partial charge in [0.2, 0.25) is 5.91 Å². The highest BCUT2D eigenvalue weighted by atomic mass is 16.5. The maximum Gasteiger partial charge on any atom is 0.254 e. The summed E-state index contributed by atoms with van der Waals surface area (Å²) in [5.41, 5.74) is 1.40. The molecular weight excluding hydrogens is 334 g/mol. The molecule has 1 N–H and O–H groups in total. The van der Waals surface area contributed by atoms with E-state index < -0.39 is 0 Å². The number of nitrogens with zero attached hydrogens (tertiary/aromatic N) is 4. The summed E-state index contributed by atoms with van der Waals surface area (Å²) in [5.74, 6) is 0.130. The molecule has 0 radical (unpaired) electrons. The Labute approximate surface area is 154 Å².